The molecule has 1 heterocycles. The summed E-state index contributed by atoms with van der Waals surface area (Å²) in [6.07, 6.45) is 2.04. The number of piperidine rings is 1. The molecule has 1 fully saturated rings. The maximum atomic E-state index is 13.8. The molecule has 19 heavy (non-hydrogen) atoms. The minimum atomic E-state index is -0.458. The lowest BCUT2D eigenvalue weighted by Gasteiger charge is -2.36. The van der Waals surface area contributed by atoms with E-state index < -0.39 is 5.82 Å². The first-order valence-corrected chi connectivity index (χ1v) is 7.19. The molecule has 1 saturated heterocycles. The normalized spacial score (nSPS) is 19.8. The first-order valence-electron chi connectivity index (χ1n) is 6.40. The fourth-order valence-electron chi connectivity index (χ4n) is 2.39. The van der Waals surface area contributed by atoms with E-state index in [-0.39, 0.29) is 11.5 Å². The Labute approximate surface area is 121 Å². The first-order chi connectivity index (χ1) is 8.99. The summed E-state index contributed by atoms with van der Waals surface area (Å²) in [5.41, 5.74) is 0.147. The summed E-state index contributed by atoms with van der Waals surface area (Å²) in [4.78, 5) is 16.3. The standard InChI is InChI=1S/C14H18BrFN2O/c1-17(2)11-4-3-7-18(9-11)14(19)12-8-10(15)5-6-13(12)16/h5-6,8,11H,3-4,7,9H2,1-2H3. The van der Waals surface area contributed by atoms with E-state index in [4.69, 9.17) is 0 Å². The van der Waals surface area contributed by atoms with Crippen LogP contribution in [-0.4, -0.2) is 48.9 Å². The van der Waals surface area contributed by atoms with Crippen LogP contribution >= 0.6 is 15.9 Å². The molecule has 1 amide bonds. The smallest absolute Gasteiger partial charge is 0.256 e. The molecule has 3 nitrogen and oxygen atoms in total. The molecule has 104 valence electrons. The molecule has 0 bridgehead atoms. The summed E-state index contributed by atoms with van der Waals surface area (Å²) in [6, 6.07) is 4.83. The lowest BCUT2D eigenvalue weighted by Crippen LogP contribution is -2.47. The summed E-state index contributed by atoms with van der Waals surface area (Å²) in [5, 5.41) is 0. The average Bonchev–Trinajstić information content (AvgIpc) is 2.41. The van der Waals surface area contributed by atoms with Crippen molar-refractivity contribution < 1.29 is 9.18 Å². The number of hydrogen-bond donors (Lipinski definition) is 0. The van der Waals surface area contributed by atoms with Gasteiger partial charge in [-0.3, -0.25) is 4.79 Å². The predicted octanol–water partition coefficient (Wildman–Crippen LogP) is 2.75. The second kappa shape index (κ2) is 6.01. The van der Waals surface area contributed by atoms with Crippen molar-refractivity contribution in [2.24, 2.45) is 0 Å². The van der Waals surface area contributed by atoms with Crippen LogP contribution in [0.3, 0.4) is 0 Å². The number of carbonyl (C=O) groups is 1. The van der Waals surface area contributed by atoms with Crippen LogP contribution in [0.5, 0.6) is 0 Å². The number of hydrogen-bond acceptors (Lipinski definition) is 2. The van der Waals surface area contributed by atoms with Gasteiger partial charge in [-0.05, 0) is 45.1 Å². The molecule has 2 rings (SSSR count). The Morgan fingerprint density at radius 3 is 2.89 bits per heavy atom. The number of likely N-dealkylation sites (tertiary alicyclic amines) is 1. The van der Waals surface area contributed by atoms with E-state index >= 15 is 0 Å². The van der Waals surface area contributed by atoms with E-state index in [0.29, 0.717) is 19.1 Å². The Morgan fingerprint density at radius 2 is 2.21 bits per heavy atom. The van der Waals surface area contributed by atoms with Gasteiger partial charge in [0.25, 0.3) is 5.91 Å². The molecule has 1 aromatic carbocycles. The molecule has 0 radical (unpaired) electrons. The topological polar surface area (TPSA) is 23.6 Å². The molecule has 1 aromatic rings. The molecule has 5 heteroatoms. The Hall–Kier alpha value is -0.940. The zero-order valence-electron chi connectivity index (χ0n) is 11.2. The maximum Gasteiger partial charge on any atom is 0.256 e. The highest BCUT2D eigenvalue weighted by Gasteiger charge is 2.27. The number of halogens is 2. The average molecular weight is 329 g/mol. The molecule has 0 aliphatic carbocycles. The lowest BCUT2D eigenvalue weighted by atomic mass is 10.0. The highest BCUT2D eigenvalue weighted by Crippen LogP contribution is 2.20. The Kier molecular flexibility index (Phi) is 4.58. The summed E-state index contributed by atoms with van der Waals surface area (Å²) >= 11 is 3.28. The van der Waals surface area contributed by atoms with Crippen LogP contribution in [0.4, 0.5) is 4.39 Å². The summed E-state index contributed by atoms with van der Waals surface area (Å²) in [5.74, 6) is -0.675. The third-order valence-corrected chi connectivity index (χ3v) is 4.07. The van der Waals surface area contributed by atoms with Crippen molar-refractivity contribution in [1.29, 1.82) is 0 Å². The zero-order chi connectivity index (χ0) is 14.0. The molecule has 0 N–H and O–H groups in total. The van der Waals surface area contributed by atoms with Gasteiger partial charge in [-0.1, -0.05) is 15.9 Å². The van der Waals surface area contributed by atoms with Crippen LogP contribution in [0.25, 0.3) is 0 Å². The molecule has 1 aliphatic rings. The van der Waals surface area contributed by atoms with Crippen LogP contribution in [0, 0.1) is 5.82 Å². The fraction of sp³-hybridized carbons (Fsp3) is 0.500. The highest BCUT2D eigenvalue weighted by atomic mass is 79.9. The van der Waals surface area contributed by atoms with Gasteiger partial charge in [0.1, 0.15) is 5.82 Å². The van der Waals surface area contributed by atoms with Crippen LogP contribution < -0.4 is 0 Å². The van der Waals surface area contributed by atoms with E-state index in [2.05, 4.69) is 20.8 Å². The Bertz CT molecular complexity index is 479. The van der Waals surface area contributed by atoms with E-state index in [9.17, 15) is 9.18 Å². The van der Waals surface area contributed by atoms with Gasteiger partial charge in [-0.15, -0.1) is 0 Å². The number of rotatable bonds is 2. The minimum absolute atomic E-state index is 0.147. The number of carbonyl (C=O) groups excluding carboxylic acids is 1. The van der Waals surface area contributed by atoms with E-state index in [1.165, 1.54) is 6.07 Å². The second-order valence-electron chi connectivity index (χ2n) is 5.13. The quantitative estimate of drug-likeness (QED) is 0.833. The van der Waals surface area contributed by atoms with E-state index in [0.717, 1.165) is 17.3 Å². The van der Waals surface area contributed by atoms with Crippen molar-refractivity contribution in [2.75, 3.05) is 27.2 Å². The number of nitrogens with zero attached hydrogens (tertiary/aromatic N) is 2. The van der Waals surface area contributed by atoms with Gasteiger partial charge in [0.15, 0.2) is 0 Å². The van der Waals surface area contributed by atoms with Gasteiger partial charge in [-0.2, -0.15) is 0 Å². The van der Waals surface area contributed by atoms with Gasteiger partial charge in [0.05, 0.1) is 5.56 Å². The van der Waals surface area contributed by atoms with E-state index in [1.807, 2.05) is 14.1 Å². The maximum absolute atomic E-state index is 13.8. The third kappa shape index (κ3) is 3.34. The molecule has 1 atom stereocenters. The monoisotopic (exact) mass is 328 g/mol. The molecule has 0 spiro atoms. The molecule has 0 saturated carbocycles. The van der Waals surface area contributed by atoms with Crippen LogP contribution in [0.1, 0.15) is 23.2 Å². The van der Waals surface area contributed by atoms with Crippen LogP contribution in [-0.2, 0) is 0 Å². The van der Waals surface area contributed by atoms with Crippen molar-refractivity contribution in [2.45, 2.75) is 18.9 Å². The first kappa shape index (κ1) is 14.5. The summed E-state index contributed by atoms with van der Waals surface area (Å²) in [6.45, 7) is 1.37. The Morgan fingerprint density at radius 1 is 1.47 bits per heavy atom. The number of benzene rings is 1. The second-order valence-corrected chi connectivity index (χ2v) is 6.05. The van der Waals surface area contributed by atoms with E-state index in [1.54, 1.807) is 17.0 Å². The molecular formula is C14H18BrFN2O. The van der Waals surface area contributed by atoms with Crippen molar-refractivity contribution in [3.8, 4) is 0 Å². The molecule has 1 unspecified atom stereocenters. The molecular weight excluding hydrogens is 311 g/mol. The van der Waals surface area contributed by atoms with Gasteiger partial charge in [0, 0.05) is 23.6 Å². The summed E-state index contributed by atoms with van der Waals surface area (Å²) < 4.78 is 14.5. The highest BCUT2D eigenvalue weighted by molar-refractivity contribution is 9.10. The van der Waals surface area contributed by atoms with Gasteiger partial charge in [0.2, 0.25) is 0 Å². The minimum Gasteiger partial charge on any atom is -0.337 e. The lowest BCUT2D eigenvalue weighted by molar-refractivity contribution is 0.0630. The molecule has 0 aromatic heterocycles. The van der Waals surface area contributed by atoms with Gasteiger partial charge >= 0.3 is 0 Å². The van der Waals surface area contributed by atoms with Crippen molar-refractivity contribution in [3.63, 3.8) is 0 Å². The van der Waals surface area contributed by atoms with Crippen LogP contribution in [0.2, 0.25) is 0 Å². The van der Waals surface area contributed by atoms with Crippen LogP contribution in [0.15, 0.2) is 22.7 Å². The third-order valence-electron chi connectivity index (χ3n) is 3.57. The van der Waals surface area contributed by atoms with Crippen molar-refractivity contribution in [3.05, 3.63) is 34.1 Å². The summed E-state index contributed by atoms with van der Waals surface area (Å²) in [7, 11) is 4.02. The largest absolute Gasteiger partial charge is 0.337 e. The Balaban J connectivity index is 2.17. The van der Waals surface area contributed by atoms with Gasteiger partial charge < -0.3 is 9.80 Å². The zero-order valence-corrected chi connectivity index (χ0v) is 12.8. The number of amides is 1. The van der Waals surface area contributed by atoms with Crippen molar-refractivity contribution >= 4 is 21.8 Å². The number of likely N-dealkylation sites (N-methyl/N-ethyl adjacent to an activating group) is 1. The predicted molar refractivity (Wildman–Crippen MR) is 76.7 cm³/mol. The SMILES string of the molecule is CN(C)C1CCCN(C(=O)c2cc(Br)ccc2F)C1. The molecule has 1 aliphatic heterocycles. The fourth-order valence-corrected chi connectivity index (χ4v) is 2.75. The van der Waals surface area contributed by atoms with Crippen molar-refractivity contribution in [1.82, 2.24) is 9.80 Å². The van der Waals surface area contributed by atoms with Gasteiger partial charge in [-0.25, -0.2) is 4.39 Å².